The van der Waals surface area contributed by atoms with Gasteiger partial charge in [-0.05, 0) is 24.3 Å². The predicted octanol–water partition coefficient (Wildman–Crippen LogP) is 5.25. The van der Waals surface area contributed by atoms with Gasteiger partial charge in [-0.3, -0.25) is 9.36 Å². The maximum atomic E-state index is 13.8. The Bertz CT molecular complexity index is 1270. The van der Waals surface area contributed by atoms with Crippen LogP contribution in [0.4, 0.5) is 13.2 Å². The van der Waals surface area contributed by atoms with E-state index in [0.29, 0.717) is 0 Å². The van der Waals surface area contributed by atoms with Crippen molar-refractivity contribution < 1.29 is 37.3 Å². The standard InChI is InChI=1S/C21H16Cl2F3N3O5/c1-32-14-7-10(23)6-12(18(14)33-2)17-11-5-9(22)3-4-13(11)29-19(15(34-17)8-16(30)31)27-28-20(29)21(24,25)26/h3-7,15,17H,8H2,1-2H3,(H,30,31)/t15-,17+/m0/s1. The molecular formula is C21H16Cl2F3N3O5. The van der Waals surface area contributed by atoms with Gasteiger partial charge >= 0.3 is 12.1 Å². The molecule has 4 rings (SSSR count). The van der Waals surface area contributed by atoms with Crippen molar-refractivity contribution in [2.24, 2.45) is 0 Å². The molecule has 1 aliphatic rings. The van der Waals surface area contributed by atoms with E-state index in [9.17, 15) is 23.1 Å². The van der Waals surface area contributed by atoms with Gasteiger partial charge in [0.05, 0.1) is 26.3 Å². The van der Waals surface area contributed by atoms with Gasteiger partial charge < -0.3 is 19.3 Å². The van der Waals surface area contributed by atoms with E-state index in [1.165, 1.54) is 44.6 Å². The van der Waals surface area contributed by atoms with Gasteiger partial charge in [-0.15, -0.1) is 10.2 Å². The molecule has 0 aliphatic carbocycles. The quantitative estimate of drug-likeness (QED) is 0.493. The topological polar surface area (TPSA) is 95.7 Å². The molecule has 2 atom stereocenters. The largest absolute Gasteiger partial charge is 0.493 e. The lowest BCUT2D eigenvalue weighted by Gasteiger charge is -2.24. The average molecular weight is 518 g/mol. The second kappa shape index (κ2) is 8.97. The highest BCUT2D eigenvalue weighted by atomic mass is 35.5. The zero-order chi connectivity index (χ0) is 24.8. The average Bonchev–Trinajstić information content (AvgIpc) is 3.16. The van der Waals surface area contributed by atoms with Crippen LogP contribution in [0.5, 0.6) is 11.5 Å². The molecular weight excluding hydrogens is 502 g/mol. The summed E-state index contributed by atoms with van der Waals surface area (Å²) in [7, 11) is 2.76. The van der Waals surface area contributed by atoms with Crippen molar-refractivity contribution >= 4 is 29.2 Å². The minimum atomic E-state index is -4.88. The van der Waals surface area contributed by atoms with Gasteiger partial charge in [-0.25, -0.2) is 0 Å². The molecule has 2 heterocycles. The van der Waals surface area contributed by atoms with Crippen LogP contribution in [0.2, 0.25) is 10.0 Å². The number of methoxy groups -OCH3 is 2. The summed E-state index contributed by atoms with van der Waals surface area (Å²) >= 11 is 12.5. The second-order valence-corrected chi connectivity index (χ2v) is 8.12. The van der Waals surface area contributed by atoms with Gasteiger partial charge in [0.1, 0.15) is 12.2 Å². The summed E-state index contributed by atoms with van der Waals surface area (Å²) in [5.41, 5.74) is 0.489. The third kappa shape index (κ3) is 4.26. The zero-order valence-electron chi connectivity index (χ0n) is 17.6. The predicted molar refractivity (Wildman–Crippen MR) is 114 cm³/mol. The van der Waals surface area contributed by atoms with E-state index in [1.54, 1.807) is 0 Å². The lowest BCUT2D eigenvalue weighted by atomic mass is 9.98. The third-order valence-corrected chi connectivity index (χ3v) is 5.61. The van der Waals surface area contributed by atoms with Gasteiger partial charge in [0.25, 0.3) is 0 Å². The summed E-state index contributed by atoms with van der Waals surface area (Å²) in [6.07, 6.45) is -8.13. The maximum Gasteiger partial charge on any atom is 0.452 e. The minimum absolute atomic E-state index is 0.00982. The molecule has 1 aliphatic heterocycles. The molecule has 180 valence electrons. The minimum Gasteiger partial charge on any atom is -0.493 e. The van der Waals surface area contributed by atoms with Crippen molar-refractivity contribution in [2.75, 3.05) is 14.2 Å². The van der Waals surface area contributed by atoms with E-state index in [0.717, 1.165) is 4.57 Å². The van der Waals surface area contributed by atoms with Crippen molar-refractivity contribution in [3.63, 3.8) is 0 Å². The number of carboxylic acid groups (broad SMARTS) is 1. The third-order valence-electron chi connectivity index (χ3n) is 5.16. The van der Waals surface area contributed by atoms with Gasteiger partial charge in [0.2, 0.25) is 5.82 Å². The number of alkyl halides is 3. The number of carbonyl (C=O) groups is 1. The van der Waals surface area contributed by atoms with Crippen molar-refractivity contribution in [1.82, 2.24) is 14.8 Å². The summed E-state index contributed by atoms with van der Waals surface area (Å²) in [5, 5.41) is 16.8. The Labute approximate surface area is 200 Å². The molecule has 0 spiro atoms. The number of carboxylic acids is 1. The molecule has 0 amide bonds. The van der Waals surface area contributed by atoms with Crippen LogP contribution in [0.15, 0.2) is 30.3 Å². The Morgan fingerprint density at radius 3 is 2.44 bits per heavy atom. The number of aliphatic carboxylic acids is 1. The Kier molecular flexibility index (Phi) is 6.36. The molecule has 0 radical (unpaired) electrons. The molecule has 8 nitrogen and oxygen atoms in total. The fourth-order valence-electron chi connectivity index (χ4n) is 3.86. The zero-order valence-corrected chi connectivity index (χ0v) is 19.1. The highest BCUT2D eigenvalue weighted by Crippen LogP contribution is 2.48. The van der Waals surface area contributed by atoms with Crippen LogP contribution in [-0.2, 0) is 15.7 Å². The molecule has 1 aromatic heterocycles. The number of rotatable bonds is 5. The first-order valence-electron chi connectivity index (χ1n) is 9.66. The Hall–Kier alpha value is -3.02. The second-order valence-electron chi connectivity index (χ2n) is 7.25. The summed E-state index contributed by atoms with van der Waals surface area (Å²) < 4.78 is 59.2. The number of nitrogens with zero attached hydrogens (tertiary/aromatic N) is 3. The molecule has 1 N–H and O–H groups in total. The Morgan fingerprint density at radius 1 is 1.12 bits per heavy atom. The molecule has 0 saturated heterocycles. The van der Waals surface area contributed by atoms with Crippen LogP contribution in [0.1, 0.15) is 41.4 Å². The smallest absolute Gasteiger partial charge is 0.452 e. The monoisotopic (exact) mass is 517 g/mol. The molecule has 13 heteroatoms. The van der Waals surface area contributed by atoms with Crippen molar-refractivity contribution in [1.29, 1.82) is 0 Å². The summed E-state index contributed by atoms with van der Waals surface area (Å²) in [4.78, 5) is 11.6. The van der Waals surface area contributed by atoms with Crippen molar-refractivity contribution in [3.8, 4) is 17.2 Å². The van der Waals surface area contributed by atoms with Crippen LogP contribution >= 0.6 is 23.2 Å². The Balaban J connectivity index is 2.06. The highest BCUT2D eigenvalue weighted by Gasteiger charge is 2.44. The maximum absolute atomic E-state index is 13.8. The van der Waals surface area contributed by atoms with Crippen LogP contribution in [0.3, 0.4) is 0 Å². The summed E-state index contributed by atoms with van der Waals surface area (Å²) in [5.74, 6) is -2.53. The molecule has 3 aromatic rings. The Morgan fingerprint density at radius 2 is 1.82 bits per heavy atom. The summed E-state index contributed by atoms with van der Waals surface area (Å²) in [6, 6.07) is 7.15. The van der Waals surface area contributed by atoms with Crippen LogP contribution in [-0.4, -0.2) is 40.1 Å². The first kappa shape index (κ1) is 24.1. The van der Waals surface area contributed by atoms with E-state index >= 15 is 0 Å². The molecule has 34 heavy (non-hydrogen) atoms. The van der Waals surface area contributed by atoms with Gasteiger partial charge in [-0.2, -0.15) is 13.2 Å². The number of aromatic nitrogens is 3. The van der Waals surface area contributed by atoms with Crippen LogP contribution < -0.4 is 9.47 Å². The molecule has 2 aromatic carbocycles. The van der Waals surface area contributed by atoms with Gasteiger partial charge in [0, 0.05) is 27.2 Å². The summed E-state index contributed by atoms with van der Waals surface area (Å²) in [6.45, 7) is 0. The van der Waals surface area contributed by atoms with Gasteiger partial charge in [-0.1, -0.05) is 23.2 Å². The lowest BCUT2D eigenvalue weighted by molar-refractivity contribution is -0.146. The SMILES string of the molecule is COc1cc(Cl)cc([C@@H]2O[C@@H](CC(=O)O)c3nnc(C(F)(F)F)n3-c3ccc(Cl)cc32)c1OC. The van der Waals surface area contributed by atoms with Crippen LogP contribution in [0, 0.1) is 0 Å². The normalized spacial score (nSPS) is 17.5. The molecule has 0 saturated carbocycles. The molecule has 0 bridgehead atoms. The van der Waals surface area contributed by atoms with Crippen LogP contribution in [0.25, 0.3) is 5.69 Å². The van der Waals surface area contributed by atoms with E-state index in [-0.39, 0.29) is 44.2 Å². The van der Waals surface area contributed by atoms with Crippen molar-refractivity contribution in [3.05, 3.63) is 63.2 Å². The fourth-order valence-corrected chi connectivity index (χ4v) is 4.25. The number of fused-ring (bicyclic) bond motifs is 3. The van der Waals surface area contributed by atoms with Crippen molar-refractivity contribution in [2.45, 2.75) is 24.8 Å². The lowest BCUT2D eigenvalue weighted by Crippen LogP contribution is -2.17. The highest BCUT2D eigenvalue weighted by molar-refractivity contribution is 6.31. The number of ether oxygens (including phenoxy) is 3. The molecule has 0 unspecified atom stereocenters. The van der Waals surface area contributed by atoms with Gasteiger partial charge in [0.15, 0.2) is 17.3 Å². The fraction of sp³-hybridized carbons (Fsp3) is 0.286. The first-order chi connectivity index (χ1) is 16.0. The van der Waals surface area contributed by atoms with E-state index in [4.69, 9.17) is 37.4 Å². The first-order valence-corrected chi connectivity index (χ1v) is 10.4. The van der Waals surface area contributed by atoms with E-state index < -0.39 is 36.6 Å². The number of benzene rings is 2. The number of halogens is 5. The molecule has 0 fully saturated rings. The van der Waals surface area contributed by atoms with E-state index in [1.807, 2.05) is 0 Å². The number of hydrogen-bond acceptors (Lipinski definition) is 6. The number of hydrogen-bond donors (Lipinski definition) is 1. The van der Waals surface area contributed by atoms with E-state index in [2.05, 4.69) is 10.2 Å².